The molecule has 1 saturated heterocycles. The average molecular weight is 477 g/mol. The molecule has 1 fully saturated rings. The highest BCUT2D eigenvalue weighted by molar-refractivity contribution is 5.99. The van der Waals surface area contributed by atoms with Crippen LogP contribution in [-0.4, -0.2) is 80.1 Å². The van der Waals surface area contributed by atoms with Gasteiger partial charge in [0.25, 0.3) is 5.91 Å². The number of nitrogens with two attached hydrogens (primary N) is 2. The molecular formula is C23H23N7O5. The molecule has 3 aliphatic heterocycles. The number of nitrogens with one attached hydrogen (secondary N) is 2. The number of rotatable bonds is 3. The summed E-state index contributed by atoms with van der Waals surface area (Å²) in [4.78, 5) is 34.6. The quantitative estimate of drug-likeness (QED) is 0.211. The zero-order valence-corrected chi connectivity index (χ0v) is 18.3. The first-order valence-corrected chi connectivity index (χ1v) is 11.1. The number of amides is 1. The molecule has 2 aromatic rings. The predicted molar refractivity (Wildman–Crippen MR) is 124 cm³/mol. The summed E-state index contributed by atoms with van der Waals surface area (Å²) in [5, 5.41) is 37.8. The average Bonchev–Trinajstić information content (AvgIpc) is 3.43. The molecule has 0 bridgehead atoms. The van der Waals surface area contributed by atoms with Crippen LogP contribution in [0.3, 0.4) is 0 Å². The molecule has 1 amide bonds. The third-order valence-electron chi connectivity index (χ3n) is 7.36. The van der Waals surface area contributed by atoms with Crippen molar-refractivity contribution in [2.45, 2.75) is 36.0 Å². The van der Waals surface area contributed by atoms with E-state index in [1.54, 1.807) is 12.1 Å². The number of carbonyl (C=O) groups excluding carboxylic acids is 1. The summed E-state index contributed by atoms with van der Waals surface area (Å²) in [6.45, 7) is -0.165. The minimum Gasteiger partial charge on any atom is -0.480 e. The molecule has 4 atom stereocenters. The van der Waals surface area contributed by atoms with Gasteiger partial charge in [-0.15, -0.1) is 0 Å². The number of hydrogen-bond donors (Lipinski definition) is 7. The van der Waals surface area contributed by atoms with Crippen LogP contribution < -0.4 is 22.1 Å². The maximum Gasteiger partial charge on any atom is 0.331 e. The first-order chi connectivity index (χ1) is 16.6. The van der Waals surface area contributed by atoms with Crippen molar-refractivity contribution in [3.63, 3.8) is 0 Å². The maximum absolute atomic E-state index is 13.4. The van der Waals surface area contributed by atoms with Crippen molar-refractivity contribution < 1.29 is 24.9 Å². The summed E-state index contributed by atoms with van der Waals surface area (Å²) < 4.78 is 0. The number of nitrogens with zero attached hydrogens (tertiary/aromatic N) is 3. The van der Waals surface area contributed by atoms with Gasteiger partial charge >= 0.3 is 5.97 Å². The van der Waals surface area contributed by atoms with Crippen LogP contribution in [0.25, 0.3) is 11.1 Å². The van der Waals surface area contributed by atoms with Gasteiger partial charge in [0.05, 0.1) is 0 Å². The molecule has 12 heteroatoms. The fourth-order valence-electron chi connectivity index (χ4n) is 5.80. The highest BCUT2D eigenvalue weighted by Gasteiger charge is 2.74. The summed E-state index contributed by atoms with van der Waals surface area (Å²) in [5.74, 6) is -4.97. The molecule has 3 heterocycles. The number of guanidine groups is 2. The number of aliphatic imine (C=N–C) groups is 2. The fraction of sp³-hybridized carbons (Fsp3) is 0.304. The fourth-order valence-corrected chi connectivity index (χ4v) is 5.80. The zero-order valence-electron chi connectivity index (χ0n) is 18.3. The Morgan fingerprint density at radius 1 is 1.09 bits per heavy atom. The van der Waals surface area contributed by atoms with E-state index in [1.807, 2.05) is 30.3 Å². The van der Waals surface area contributed by atoms with Gasteiger partial charge in [0.2, 0.25) is 5.79 Å². The van der Waals surface area contributed by atoms with Crippen molar-refractivity contribution in [1.29, 1.82) is 0 Å². The molecule has 0 radical (unpaired) electrons. The molecule has 4 aliphatic rings. The van der Waals surface area contributed by atoms with Gasteiger partial charge in [0.15, 0.2) is 23.6 Å². The van der Waals surface area contributed by atoms with Gasteiger partial charge in [-0.25, -0.2) is 14.8 Å². The molecule has 12 nitrogen and oxygen atoms in total. The first-order valence-electron chi connectivity index (χ1n) is 11.1. The minimum atomic E-state index is -2.70. The van der Waals surface area contributed by atoms with Crippen molar-refractivity contribution in [1.82, 2.24) is 15.5 Å². The van der Waals surface area contributed by atoms with Crippen LogP contribution in [0.1, 0.15) is 21.5 Å². The number of carboxylic acids is 1. The van der Waals surface area contributed by atoms with Gasteiger partial charge in [-0.05, 0) is 34.7 Å². The Kier molecular flexibility index (Phi) is 4.23. The molecule has 1 aliphatic carbocycles. The smallest absolute Gasteiger partial charge is 0.331 e. The number of carboxylic acid groups (broad SMARTS) is 1. The summed E-state index contributed by atoms with van der Waals surface area (Å²) >= 11 is 0. The summed E-state index contributed by atoms with van der Waals surface area (Å²) in [7, 11) is 0. The van der Waals surface area contributed by atoms with E-state index >= 15 is 0 Å². The molecule has 1 spiro atoms. The van der Waals surface area contributed by atoms with Crippen LogP contribution in [-0.2, 0) is 11.2 Å². The maximum atomic E-state index is 13.4. The van der Waals surface area contributed by atoms with Gasteiger partial charge in [0.1, 0.15) is 12.1 Å². The Labute approximate surface area is 199 Å². The van der Waals surface area contributed by atoms with Crippen LogP contribution in [0.4, 0.5) is 0 Å². The van der Waals surface area contributed by atoms with E-state index in [0.717, 1.165) is 22.3 Å². The number of carbonyl (C=O) groups is 2. The molecule has 9 N–H and O–H groups in total. The molecule has 6 rings (SSSR count). The highest BCUT2D eigenvalue weighted by atomic mass is 16.5. The van der Waals surface area contributed by atoms with Gasteiger partial charge in [0, 0.05) is 12.1 Å². The summed E-state index contributed by atoms with van der Waals surface area (Å²) in [6.07, 6.45) is 0.577. The highest BCUT2D eigenvalue weighted by Crippen LogP contribution is 2.45. The van der Waals surface area contributed by atoms with E-state index in [1.165, 1.54) is 4.90 Å². The molecule has 35 heavy (non-hydrogen) atoms. The summed E-state index contributed by atoms with van der Waals surface area (Å²) in [5.41, 5.74) is 14.3. The lowest BCUT2D eigenvalue weighted by Crippen LogP contribution is -2.78. The van der Waals surface area contributed by atoms with Crippen LogP contribution in [0.5, 0.6) is 0 Å². The van der Waals surface area contributed by atoms with Crippen LogP contribution in [0.2, 0.25) is 0 Å². The predicted octanol–water partition coefficient (Wildman–Crippen LogP) is -1.88. The van der Waals surface area contributed by atoms with Crippen molar-refractivity contribution in [3.8, 4) is 11.1 Å². The van der Waals surface area contributed by atoms with E-state index in [4.69, 9.17) is 11.5 Å². The monoisotopic (exact) mass is 477 g/mol. The SMILES string of the molecule is NC1=N[C@H]2[C@H](C(=O)O)N=C(N)N3C[C@H](NC(=O)c4cccc5c4Cc4ccccc4-5)C(O)(O)[C@]23N1. The molecular weight excluding hydrogens is 454 g/mol. The van der Waals surface area contributed by atoms with E-state index in [0.29, 0.717) is 12.0 Å². The minimum absolute atomic E-state index is 0.165. The molecule has 2 aromatic carbocycles. The second-order valence-electron chi connectivity index (χ2n) is 9.15. The third kappa shape index (κ3) is 2.68. The van der Waals surface area contributed by atoms with E-state index in [9.17, 15) is 24.9 Å². The Hall–Kier alpha value is -4.16. The first kappa shape index (κ1) is 21.4. The van der Waals surface area contributed by atoms with Crippen LogP contribution in [0.15, 0.2) is 52.4 Å². The number of aliphatic hydroxyl groups is 2. The normalized spacial score (nSPS) is 29.2. The van der Waals surface area contributed by atoms with Crippen molar-refractivity contribution in [3.05, 3.63) is 59.2 Å². The van der Waals surface area contributed by atoms with Crippen LogP contribution in [0, 0.1) is 0 Å². The van der Waals surface area contributed by atoms with Crippen molar-refractivity contribution >= 4 is 23.8 Å². The Balaban J connectivity index is 1.35. The summed E-state index contributed by atoms with van der Waals surface area (Å²) in [6, 6.07) is 9.25. The Morgan fingerprint density at radius 2 is 1.83 bits per heavy atom. The second kappa shape index (κ2) is 6.93. The van der Waals surface area contributed by atoms with Gasteiger partial charge in [-0.3, -0.25) is 4.79 Å². The Bertz CT molecular complexity index is 1360. The van der Waals surface area contributed by atoms with E-state index in [2.05, 4.69) is 20.6 Å². The topological polar surface area (TPSA) is 199 Å². The Morgan fingerprint density at radius 3 is 2.60 bits per heavy atom. The lowest BCUT2D eigenvalue weighted by Gasteiger charge is -2.48. The van der Waals surface area contributed by atoms with E-state index in [-0.39, 0.29) is 18.5 Å². The van der Waals surface area contributed by atoms with Crippen molar-refractivity contribution in [2.24, 2.45) is 21.5 Å². The number of fused-ring (bicyclic) bond motifs is 3. The number of benzene rings is 2. The van der Waals surface area contributed by atoms with Crippen LogP contribution >= 0.6 is 0 Å². The second-order valence-corrected chi connectivity index (χ2v) is 9.15. The zero-order chi connectivity index (χ0) is 24.7. The standard InChI is InChI=1S/C23H23N7O5/c24-20-28-17-16(19(32)33)27-21(25)30-9-15(23(34,35)22(17,30)29-20)26-18(31)13-7-3-6-12-11-5-2-1-4-10(11)8-14(12)13/h1-7,15-17,34-35H,8-9H2,(H2,25,27)(H,26,31)(H,32,33)(H3,24,28,29)/t15-,16+,17-,22-/m0/s1. The molecule has 180 valence electrons. The van der Waals surface area contributed by atoms with Gasteiger partial charge in [-0.1, -0.05) is 36.4 Å². The molecule has 0 aromatic heterocycles. The van der Waals surface area contributed by atoms with Gasteiger partial charge in [-0.2, -0.15) is 0 Å². The lowest BCUT2D eigenvalue weighted by atomic mass is 9.85. The molecule has 0 unspecified atom stereocenters. The number of aliphatic carboxylic acids is 1. The lowest BCUT2D eigenvalue weighted by molar-refractivity contribution is -0.230. The van der Waals surface area contributed by atoms with Gasteiger partial charge < -0.3 is 42.3 Å². The largest absolute Gasteiger partial charge is 0.480 e. The van der Waals surface area contributed by atoms with Crippen molar-refractivity contribution in [2.75, 3.05) is 6.54 Å². The number of hydrogen-bond acceptors (Lipinski definition) is 10. The third-order valence-corrected chi connectivity index (χ3v) is 7.36. The molecule has 0 saturated carbocycles. The van der Waals surface area contributed by atoms with E-state index < -0.39 is 41.5 Å².